The zero-order valence-electron chi connectivity index (χ0n) is 9.58. The predicted octanol–water partition coefficient (Wildman–Crippen LogP) is 3.95. The molecule has 0 aliphatic rings. The molecule has 0 fully saturated rings. The van der Waals surface area contributed by atoms with Crippen LogP contribution in [0.1, 0.15) is 16.1 Å². The highest BCUT2D eigenvalue weighted by molar-refractivity contribution is 6.34. The van der Waals surface area contributed by atoms with Gasteiger partial charge in [-0.05, 0) is 31.2 Å². The number of carbonyl (C=O) groups is 1. The Labute approximate surface area is 115 Å². The fraction of sp³-hybridized carbons (Fsp3) is 0.0769. The molecule has 2 aromatic rings. The van der Waals surface area contributed by atoms with Crippen LogP contribution in [-0.4, -0.2) is 10.9 Å². The lowest BCUT2D eigenvalue weighted by Gasteiger charge is -2.08. The standard InChI is InChI=1S/C13H10Cl2N2O/c1-8-11(6-7-12(15)16-8)17-13(18)9-4-2-3-5-10(9)14/h2-7H,1H3,(H,17,18). The number of rotatable bonds is 2. The van der Waals surface area contributed by atoms with Crippen molar-refractivity contribution in [2.75, 3.05) is 5.32 Å². The molecule has 0 radical (unpaired) electrons. The zero-order valence-corrected chi connectivity index (χ0v) is 11.1. The Morgan fingerprint density at radius 1 is 1.17 bits per heavy atom. The molecule has 18 heavy (non-hydrogen) atoms. The first kappa shape index (κ1) is 12.9. The van der Waals surface area contributed by atoms with E-state index >= 15 is 0 Å². The fourth-order valence-corrected chi connectivity index (χ4v) is 1.91. The lowest BCUT2D eigenvalue weighted by atomic mass is 10.2. The van der Waals surface area contributed by atoms with Gasteiger partial charge in [-0.1, -0.05) is 35.3 Å². The van der Waals surface area contributed by atoms with Crippen LogP contribution in [0.25, 0.3) is 0 Å². The van der Waals surface area contributed by atoms with Crippen LogP contribution in [0, 0.1) is 6.92 Å². The summed E-state index contributed by atoms with van der Waals surface area (Å²) in [6.45, 7) is 1.77. The second kappa shape index (κ2) is 5.38. The third kappa shape index (κ3) is 2.81. The molecule has 1 heterocycles. The van der Waals surface area contributed by atoms with E-state index in [2.05, 4.69) is 10.3 Å². The van der Waals surface area contributed by atoms with Gasteiger partial charge in [0.2, 0.25) is 0 Å². The molecular formula is C13H10Cl2N2O. The highest BCUT2D eigenvalue weighted by Crippen LogP contribution is 2.19. The normalized spacial score (nSPS) is 10.2. The fourth-order valence-electron chi connectivity index (χ4n) is 1.50. The smallest absolute Gasteiger partial charge is 0.257 e. The Kier molecular flexibility index (Phi) is 3.84. The molecule has 0 saturated heterocycles. The number of nitrogens with zero attached hydrogens (tertiary/aromatic N) is 1. The average molecular weight is 281 g/mol. The van der Waals surface area contributed by atoms with Crippen LogP contribution in [0.3, 0.4) is 0 Å². The molecule has 0 unspecified atom stereocenters. The van der Waals surface area contributed by atoms with Crippen molar-refractivity contribution in [1.82, 2.24) is 4.98 Å². The van der Waals surface area contributed by atoms with E-state index in [4.69, 9.17) is 23.2 Å². The Balaban J connectivity index is 2.24. The Morgan fingerprint density at radius 2 is 1.89 bits per heavy atom. The van der Waals surface area contributed by atoms with Crippen LogP contribution in [-0.2, 0) is 0 Å². The van der Waals surface area contributed by atoms with Gasteiger partial charge in [0.25, 0.3) is 5.91 Å². The van der Waals surface area contributed by atoms with E-state index in [0.29, 0.717) is 27.1 Å². The average Bonchev–Trinajstić information content (AvgIpc) is 2.33. The number of anilines is 1. The lowest BCUT2D eigenvalue weighted by Crippen LogP contribution is -2.13. The molecule has 0 aliphatic carbocycles. The lowest BCUT2D eigenvalue weighted by molar-refractivity contribution is 0.102. The van der Waals surface area contributed by atoms with E-state index in [9.17, 15) is 4.79 Å². The summed E-state index contributed by atoms with van der Waals surface area (Å²) in [6, 6.07) is 10.2. The number of carbonyl (C=O) groups excluding carboxylic acids is 1. The van der Waals surface area contributed by atoms with Crippen LogP contribution in [0.15, 0.2) is 36.4 Å². The number of hydrogen-bond acceptors (Lipinski definition) is 2. The highest BCUT2D eigenvalue weighted by Gasteiger charge is 2.11. The first-order valence-corrected chi connectivity index (χ1v) is 6.02. The summed E-state index contributed by atoms with van der Waals surface area (Å²) >= 11 is 11.7. The molecule has 2 rings (SSSR count). The van der Waals surface area contributed by atoms with Gasteiger partial charge in [0.15, 0.2) is 0 Å². The van der Waals surface area contributed by atoms with Gasteiger partial charge in [0.05, 0.1) is 22.0 Å². The topological polar surface area (TPSA) is 42.0 Å². The number of aryl methyl sites for hydroxylation is 1. The van der Waals surface area contributed by atoms with Gasteiger partial charge in [-0.3, -0.25) is 4.79 Å². The van der Waals surface area contributed by atoms with Crippen LogP contribution in [0.5, 0.6) is 0 Å². The maximum absolute atomic E-state index is 12.0. The summed E-state index contributed by atoms with van der Waals surface area (Å²) in [5, 5.41) is 3.55. The van der Waals surface area contributed by atoms with Crippen LogP contribution < -0.4 is 5.32 Å². The first-order valence-electron chi connectivity index (χ1n) is 5.27. The van der Waals surface area contributed by atoms with Gasteiger partial charge in [-0.25, -0.2) is 4.98 Å². The molecule has 1 N–H and O–H groups in total. The number of amides is 1. The second-order valence-electron chi connectivity index (χ2n) is 3.70. The largest absolute Gasteiger partial charge is 0.320 e. The molecule has 5 heteroatoms. The van der Waals surface area contributed by atoms with E-state index in [1.54, 1.807) is 43.3 Å². The van der Waals surface area contributed by atoms with Gasteiger partial charge in [-0.15, -0.1) is 0 Å². The van der Waals surface area contributed by atoms with Gasteiger partial charge in [0, 0.05) is 0 Å². The number of halogens is 2. The van der Waals surface area contributed by atoms with E-state index in [1.807, 2.05) is 0 Å². The van der Waals surface area contributed by atoms with Gasteiger partial charge >= 0.3 is 0 Å². The van der Waals surface area contributed by atoms with Crippen molar-refractivity contribution in [3.8, 4) is 0 Å². The number of benzene rings is 1. The van der Waals surface area contributed by atoms with Crippen molar-refractivity contribution >= 4 is 34.8 Å². The molecule has 0 spiro atoms. The molecule has 3 nitrogen and oxygen atoms in total. The molecular weight excluding hydrogens is 271 g/mol. The third-order valence-corrected chi connectivity index (χ3v) is 2.96. The first-order chi connectivity index (χ1) is 8.58. The minimum absolute atomic E-state index is 0.271. The minimum Gasteiger partial charge on any atom is -0.320 e. The number of hydrogen-bond donors (Lipinski definition) is 1. The Morgan fingerprint density at radius 3 is 2.56 bits per heavy atom. The molecule has 0 atom stereocenters. The molecule has 0 bridgehead atoms. The van der Waals surface area contributed by atoms with Crippen molar-refractivity contribution in [2.45, 2.75) is 6.92 Å². The SMILES string of the molecule is Cc1nc(Cl)ccc1NC(=O)c1ccccc1Cl. The molecule has 1 amide bonds. The minimum atomic E-state index is -0.271. The van der Waals surface area contributed by atoms with E-state index < -0.39 is 0 Å². The molecule has 1 aromatic carbocycles. The summed E-state index contributed by atoms with van der Waals surface area (Å²) in [6.07, 6.45) is 0. The molecule has 0 aliphatic heterocycles. The summed E-state index contributed by atoms with van der Waals surface area (Å²) in [4.78, 5) is 16.1. The van der Waals surface area contributed by atoms with Crippen molar-refractivity contribution in [3.05, 3.63) is 57.8 Å². The third-order valence-electron chi connectivity index (χ3n) is 2.42. The van der Waals surface area contributed by atoms with Crippen LogP contribution in [0.4, 0.5) is 5.69 Å². The van der Waals surface area contributed by atoms with E-state index in [0.717, 1.165) is 0 Å². The summed E-state index contributed by atoms with van der Waals surface area (Å²) < 4.78 is 0. The molecule has 1 aromatic heterocycles. The van der Waals surface area contributed by atoms with Gasteiger partial charge in [-0.2, -0.15) is 0 Å². The van der Waals surface area contributed by atoms with Crippen molar-refractivity contribution < 1.29 is 4.79 Å². The van der Waals surface area contributed by atoms with E-state index in [-0.39, 0.29) is 5.91 Å². The van der Waals surface area contributed by atoms with Gasteiger partial charge in [0.1, 0.15) is 5.15 Å². The van der Waals surface area contributed by atoms with Crippen molar-refractivity contribution in [1.29, 1.82) is 0 Å². The highest BCUT2D eigenvalue weighted by atomic mass is 35.5. The Hall–Kier alpha value is -1.58. The predicted molar refractivity (Wildman–Crippen MR) is 73.4 cm³/mol. The maximum Gasteiger partial charge on any atom is 0.257 e. The van der Waals surface area contributed by atoms with Gasteiger partial charge < -0.3 is 5.32 Å². The van der Waals surface area contributed by atoms with Crippen molar-refractivity contribution in [2.24, 2.45) is 0 Å². The number of pyridine rings is 1. The van der Waals surface area contributed by atoms with E-state index in [1.165, 1.54) is 0 Å². The zero-order chi connectivity index (χ0) is 13.1. The van der Waals surface area contributed by atoms with Crippen molar-refractivity contribution in [3.63, 3.8) is 0 Å². The summed E-state index contributed by atoms with van der Waals surface area (Å²) in [5.74, 6) is -0.271. The van der Waals surface area contributed by atoms with Crippen LogP contribution in [0.2, 0.25) is 10.2 Å². The Bertz CT molecular complexity index is 599. The molecule has 92 valence electrons. The summed E-state index contributed by atoms with van der Waals surface area (Å²) in [5.41, 5.74) is 1.70. The number of aromatic nitrogens is 1. The number of nitrogens with one attached hydrogen (secondary N) is 1. The monoisotopic (exact) mass is 280 g/mol. The quantitative estimate of drug-likeness (QED) is 0.847. The second-order valence-corrected chi connectivity index (χ2v) is 4.50. The molecule has 0 saturated carbocycles. The maximum atomic E-state index is 12.0. The van der Waals surface area contributed by atoms with Crippen LogP contribution >= 0.6 is 23.2 Å². The summed E-state index contributed by atoms with van der Waals surface area (Å²) in [7, 11) is 0.